The van der Waals surface area contributed by atoms with Gasteiger partial charge in [0.25, 0.3) is 11.7 Å². The number of aryl methyl sites for hydroxylation is 2. The second-order valence-electron chi connectivity index (χ2n) is 7.42. The number of carbonyl (C=O) groups excluding carboxylic acids is 2. The third kappa shape index (κ3) is 4.26. The molecule has 0 saturated heterocycles. The third-order valence-corrected chi connectivity index (χ3v) is 5.43. The summed E-state index contributed by atoms with van der Waals surface area (Å²) in [6.45, 7) is 7.45. The molecule has 8 nitrogen and oxygen atoms in total. The molecule has 146 valence electrons. The molecule has 0 aliphatic heterocycles. The normalized spacial score (nSPS) is 21.0. The van der Waals surface area contributed by atoms with E-state index in [1.54, 1.807) is 11.4 Å². The van der Waals surface area contributed by atoms with Gasteiger partial charge in [0, 0.05) is 23.0 Å². The second-order valence-corrected chi connectivity index (χ2v) is 7.42. The van der Waals surface area contributed by atoms with E-state index in [9.17, 15) is 9.59 Å². The molecule has 0 unspecified atom stereocenters. The largest absolute Gasteiger partial charge is 0.452 e. The fraction of sp³-hybridized carbons (Fsp3) is 0.632. The van der Waals surface area contributed by atoms with Crippen molar-refractivity contribution in [3.05, 3.63) is 23.3 Å². The van der Waals surface area contributed by atoms with Gasteiger partial charge in [-0.15, -0.1) is 0 Å². The van der Waals surface area contributed by atoms with Gasteiger partial charge in [-0.25, -0.2) is 9.50 Å². The van der Waals surface area contributed by atoms with Gasteiger partial charge in [-0.3, -0.25) is 9.59 Å². The summed E-state index contributed by atoms with van der Waals surface area (Å²) in [6.07, 6.45) is 5.08. The molecule has 1 saturated carbocycles. The van der Waals surface area contributed by atoms with Gasteiger partial charge in [0.05, 0.1) is 6.42 Å². The highest BCUT2D eigenvalue weighted by Gasteiger charge is 2.26. The molecule has 2 aromatic heterocycles. The second kappa shape index (κ2) is 8.02. The number of nitrogens with zero attached hydrogens (tertiary/aromatic N) is 4. The summed E-state index contributed by atoms with van der Waals surface area (Å²) in [4.78, 5) is 33.2. The highest BCUT2D eigenvalue weighted by molar-refractivity contribution is 5.84. The molecule has 2 heterocycles. The van der Waals surface area contributed by atoms with Crippen molar-refractivity contribution in [2.75, 3.05) is 0 Å². The Morgan fingerprint density at radius 2 is 2.07 bits per heavy atom. The van der Waals surface area contributed by atoms with E-state index in [0.29, 0.717) is 17.4 Å². The summed E-state index contributed by atoms with van der Waals surface area (Å²) < 4.78 is 6.97. The van der Waals surface area contributed by atoms with E-state index in [0.717, 1.165) is 30.5 Å². The van der Waals surface area contributed by atoms with Crippen LogP contribution in [0.5, 0.6) is 0 Å². The maximum atomic E-state index is 12.4. The summed E-state index contributed by atoms with van der Waals surface area (Å²) in [5.74, 6) is 0.259. The smallest absolute Gasteiger partial charge is 0.311 e. The number of aromatic nitrogens is 4. The van der Waals surface area contributed by atoms with Crippen LogP contribution in [0, 0.1) is 19.8 Å². The number of ether oxygens (including phenoxy) is 1. The minimum atomic E-state index is -0.824. The molecular formula is C19H27N5O3. The quantitative estimate of drug-likeness (QED) is 0.804. The number of carbonyl (C=O) groups is 2. The number of fused-ring (bicyclic) bond motifs is 1. The van der Waals surface area contributed by atoms with Crippen LogP contribution in [0.4, 0.5) is 0 Å². The van der Waals surface area contributed by atoms with Crippen LogP contribution in [0.15, 0.2) is 6.33 Å². The van der Waals surface area contributed by atoms with Crippen molar-refractivity contribution in [2.45, 2.75) is 71.9 Å². The van der Waals surface area contributed by atoms with Crippen LogP contribution < -0.4 is 5.32 Å². The van der Waals surface area contributed by atoms with Crippen molar-refractivity contribution < 1.29 is 14.3 Å². The first-order chi connectivity index (χ1) is 12.9. The SMILES string of the molecule is Cc1nc2ncnn2c(C)c1CC(=O)O[C@H](C)C(=O)N[C@H]1CCCC[C@@H]1C. The Morgan fingerprint density at radius 1 is 1.33 bits per heavy atom. The first-order valence-electron chi connectivity index (χ1n) is 9.52. The van der Waals surface area contributed by atoms with Crippen molar-refractivity contribution in [3.63, 3.8) is 0 Å². The van der Waals surface area contributed by atoms with E-state index in [2.05, 4.69) is 27.3 Å². The van der Waals surface area contributed by atoms with Gasteiger partial charge < -0.3 is 10.1 Å². The summed E-state index contributed by atoms with van der Waals surface area (Å²) in [5, 5.41) is 7.15. The van der Waals surface area contributed by atoms with Gasteiger partial charge in [0.1, 0.15) is 6.33 Å². The number of hydrogen-bond acceptors (Lipinski definition) is 6. The maximum absolute atomic E-state index is 12.4. The lowest BCUT2D eigenvalue weighted by molar-refractivity contribution is -0.154. The Hall–Kier alpha value is -2.51. The zero-order valence-electron chi connectivity index (χ0n) is 16.4. The van der Waals surface area contributed by atoms with E-state index in [4.69, 9.17) is 4.74 Å². The highest BCUT2D eigenvalue weighted by Crippen LogP contribution is 2.23. The van der Waals surface area contributed by atoms with E-state index >= 15 is 0 Å². The molecule has 3 rings (SSSR count). The van der Waals surface area contributed by atoms with Crippen LogP contribution in [0.1, 0.15) is 56.5 Å². The zero-order chi connectivity index (χ0) is 19.6. The molecule has 0 aromatic carbocycles. The first kappa shape index (κ1) is 19.3. The lowest BCUT2D eigenvalue weighted by Gasteiger charge is -2.30. The van der Waals surface area contributed by atoms with Gasteiger partial charge in [0.15, 0.2) is 6.10 Å². The minimum absolute atomic E-state index is 0.0396. The fourth-order valence-electron chi connectivity index (χ4n) is 3.68. The van der Waals surface area contributed by atoms with Gasteiger partial charge in [0.2, 0.25) is 0 Å². The van der Waals surface area contributed by atoms with Crippen LogP contribution in [0.3, 0.4) is 0 Å². The Morgan fingerprint density at radius 3 is 2.81 bits per heavy atom. The molecule has 8 heteroatoms. The van der Waals surface area contributed by atoms with Crippen molar-refractivity contribution in [2.24, 2.45) is 5.92 Å². The number of amides is 1. The van der Waals surface area contributed by atoms with Gasteiger partial charge in [-0.2, -0.15) is 10.1 Å². The van der Waals surface area contributed by atoms with Crippen LogP contribution in [0.2, 0.25) is 0 Å². The van der Waals surface area contributed by atoms with E-state index in [-0.39, 0.29) is 18.4 Å². The monoisotopic (exact) mass is 373 g/mol. The first-order valence-corrected chi connectivity index (χ1v) is 9.52. The van der Waals surface area contributed by atoms with Crippen LogP contribution in [-0.4, -0.2) is 43.6 Å². The third-order valence-electron chi connectivity index (χ3n) is 5.43. The summed E-state index contributed by atoms with van der Waals surface area (Å²) in [5.41, 5.74) is 2.24. The predicted molar refractivity (Wildman–Crippen MR) is 99.1 cm³/mol. The average Bonchev–Trinajstić information content (AvgIpc) is 3.09. The number of hydrogen-bond donors (Lipinski definition) is 1. The molecular weight excluding hydrogens is 346 g/mol. The average molecular weight is 373 g/mol. The fourth-order valence-corrected chi connectivity index (χ4v) is 3.68. The summed E-state index contributed by atoms with van der Waals surface area (Å²) in [6, 6.07) is 0.163. The molecule has 1 aliphatic rings. The molecule has 27 heavy (non-hydrogen) atoms. The lowest BCUT2D eigenvalue weighted by atomic mass is 9.86. The van der Waals surface area contributed by atoms with Crippen molar-refractivity contribution in [3.8, 4) is 0 Å². The van der Waals surface area contributed by atoms with Crippen LogP contribution in [0.25, 0.3) is 5.78 Å². The summed E-state index contributed by atoms with van der Waals surface area (Å²) >= 11 is 0. The van der Waals surface area contributed by atoms with E-state index < -0.39 is 12.1 Å². The van der Waals surface area contributed by atoms with Crippen LogP contribution >= 0.6 is 0 Å². The molecule has 0 radical (unpaired) electrons. The molecule has 1 N–H and O–H groups in total. The maximum Gasteiger partial charge on any atom is 0.311 e. The number of rotatable bonds is 5. The molecule has 1 aliphatic carbocycles. The number of nitrogens with one attached hydrogen (secondary N) is 1. The van der Waals surface area contributed by atoms with Crippen LogP contribution in [-0.2, 0) is 20.7 Å². The topological polar surface area (TPSA) is 98.5 Å². The standard InChI is InChI=1S/C19H27N5O3/c1-11-7-5-6-8-16(11)23-18(26)14(4)27-17(25)9-15-12(2)22-19-20-10-21-24(19)13(15)3/h10-11,14,16H,5-9H2,1-4H3,(H,23,26)/t11-,14+,16-/m0/s1. The Labute approximate surface area is 158 Å². The Kier molecular flexibility index (Phi) is 5.72. The molecule has 1 fully saturated rings. The van der Waals surface area contributed by atoms with E-state index in [1.165, 1.54) is 12.7 Å². The summed E-state index contributed by atoms with van der Waals surface area (Å²) in [7, 11) is 0. The van der Waals surface area contributed by atoms with Crippen molar-refractivity contribution in [1.82, 2.24) is 24.9 Å². The number of esters is 1. The molecule has 3 atom stereocenters. The molecule has 0 spiro atoms. The zero-order valence-corrected chi connectivity index (χ0v) is 16.4. The van der Waals surface area contributed by atoms with Gasteiger partial charge in [-0.05, 0) is 39.5 Å². The van der Waals surface area contributed by atoms with Crippen molar-refractivity contribution >= 4 is 17.7 Å². The molecule has 0 bridgehead atoms. The van der Waals surface area contributed by atoms with Gasteiger partial charge in [-0.1, -0.05) is 19.8 Å². The minimum Gasteiger partial charge on any atom is -0.452 e. The Balaban J connectivity index is 1.61. The highest BCUT2D eigenvalue weighted by atomic mass is 16.5. The van der Waals surface area contributed by atoms with E-state index in [1.807, 2.05) is 13.8 Å². The van der Waals surface area contributed by atoms with Gasteiger partial charge >= 0.3 is 5.97 Å². The molecule has 1 amide bonds. The predicted octanol–water partition coefficient (Wildman–Crippen LogP) is 1.91. The lowest BCUT2D eigenvalue weighted by Crippen LogP contribution is -2.46. The van der Waals surface area contributed by atoms with Crippen molar-refractivity contribution in [1.29, 1.82) is 0 Å². The Bertz CT molecular complexity index is 847. The molecule has 2 aromatic rings.